The van der Waals surface area contributed by atoms with Crippen LogP contribution in [0.1, 0.15) is 48.0 Å². The standard InChI is InChI=1S/C15H20O2/c1-11-6-5-9-13(10-11)15(17)14(16)12-7-3-2-4-8-12/h5-6,9-10,12,14,16H,2-4,7-8H2,1H3. The van der Waals surface area contributed by atoms with Crippen molar-refractivity contribution in [3.63, 3.8) is 0 Å². The lowest BCUT2D eigenvalue weighted by Gasteiger charge is -2.25. The van der Waals surface area contributed by atoms with Crippen LogP contribution in [0.3, 0.4) is 0 Å². The summed E-state index contributed by atoms with van der Waals surface area (Å²) in [4.78, 5) is 12.1. The molecule has 1 N–H and O–H groups in total. The number of rotatable bonds is 3. The second kappa shape index (κ2) is 5.46. The van der Waals surface area contributed by atoms with E-state index < -0.39 is 6.10 Å². The van der Waals surface area contributed by atoms with Gasteiger partial charge in [-0.1, -0.05) is 43.0 Å². The first-order valence-electron chi connectivity index (χ1n) is 6.47. The van der Waals surface area contributed by atoms with Gasteiger partial charge in [0.25, 0.3) is 0 Å². The Balaban J connectivity index is 2.08. The van der Waals surface area contributed by atoms with E-state index in [0.717, 1.165) is 31.2 Å². The number of hydrogen-bond donors (Lipinski definition) is 1. The zero-order chi connectivity index (χ0) is 12.3. The number of Topliss-reactive ketones (excluding diaryl/α,β-unsaturated/α-hetero) is 1. The van der Waals surface area contributed by atoms with Crippen LogP contribution >= 0.6 is 0 Å². The van der Waals surface area contributed by atoms with Gasteiger partial charge in [-0.05, 0) is 31.7 Å². The molecule has 2 rings (SSSR count). The summed E-state index contributed by atoms with van der Waals surface area (Å²) in [5.74, 6) is 0.0531. The Morgan fingerprint density at radius 1 is 1.29 bits per heavy atom. The van der Waals surface area contributed by atoms with Crippen LogP contribution in [-0.2, 0) is 0 Å². The molecule has 0 aliphatic heterocycles. The van der Waals surface area contributed by atoms with Crippen molar-refractivity contribution < 1.29 is 9.90 Å². The fourth-order valence-corrected chi connectivity index (χ4v) is 2.63. The van der Waals surface area contributed by atoms with Crippen molar-refractivity contribution in [1.29, 1.82) is 0 Å². The van der Waals surface area contributed by atoms with Crippen LogP contribution in [0, 0.1) is 12.8 Å². The van der Waals surface area contributed by atoms with Crippen LogP contribution < -0.4 is 0 Å². The number of aliphatic hydroxyl groups excluding tert-OH is 1. The summed E-state index contributed by atoms with van der Waals surface area (Å²) in [7, 11) is 0. The molecular formula is C15H20O2. The van der Waals surface area contributed by atoms with Gasteiger partial charge in [0.2, 0.25) is 0 Å². The molecule has 1 aromatic carbocycles. The van der Waals surface area contributed by atoms with E-state index >= 15 is 0 Å². The Kier molecular flexibility index (Phi) is 3.95. The van der Waals surface area contributed by atoms with E-state index in [2.05, 4.69) is 0 Å². The highest BCUT2D eigenvalue weighted by Gasteiger charge is 2.28. The molecule has 2 heteroatoms. The maximum absolute atomic E-state index is 12.1. The van der Waals surface area contributed by atoms with E-state index in [1.165, 1.54) is 6.42 Å². The Morgan fingerprint density at radius 3 is 2.65 bits per heavy atom. The zero-order valence-corrected chi connectivity index (χ0v) is 10.4. The van der Waals surface area contributed by atoms with Crippen LogP contribution in [0.2, 0.25) is 0 Å². The van der Waals surface area contributed by atoms with Crippen molar-refractivity contribution in [2.45, 2.75) is 45.1 Å². The fraction of sp³-hybridized carbons (Fsp3) is 0.533. The predicted molar refractivity (Wildman–Crippen MR) is 68.1 cm³/mol. The molecular weight excluding hydrogens is 212 g/mol. The lowest BCUT2D eigenvalue weighted by atomic mass is 9.82. The summed E-state index contributed by atoms with van der Waals surface area (Å²) in [5, 5.41) is 10.1. The van der Waals surface area contributed by atoms with E-state index in [9.17, 15) is 9.90 Å². The van der Waals surface area contributed by atoms with Gasteiger partial charge in [-0.15, -0.1) is 0 Å². The highest BCUT2D eigenvalue weighted by atomic mass is 16.3. The van der Waals surface area contributed by atoms with Gasteiger partial charge in [0.15, 0.2) is 5.78 Å². The van der Waals surface area contributed by atoms with Crippen molar-refractivity contribution >= 4 is 5.78 Å². The number of aryl methyl sites for hydroxylation is 1. The monoisotopic (exact) mass is 232 g/mol. The number of carbonyl (C=O) groups is 1. The normalized spacial score (nSPS) is 18.9. The first-order chi connectivity index (χ1) is 8.18. The molecule has 1 aliphatic carbocycles. The summed E-state index contributed by atoms with van der Waals surface area (Å²) >= 11 is 0. The molecule has 0 spiro atoms. The van der Waals surface area contributed by atoms with Gasteiger partial charge >= 0.3 is 0 Å². The van der Waals surface area contributed by atoms with Crippen LogP contribution in [0.15, 0.2) is 24.3 Å². The van der Waals surface area contributed by atoms with Gasteiger partial charge < -0.3 is 5.11 Å². The van der Waals surface area contributed by atoms with E-state index in [4.69, 9.17) is 0 Å². The third kappa shape index (κ3) is 2.95. The van der Waals surface area contributed by atoms with Crippen molar-refractivity contribution in [2.24, 2.45) is 5.92 Å². The largest absolute Gasteiger partial charge is 0.385 e. The van der Waals surface area contributed by atoms with Gasteiger partial charge in [0.05, 0.1) is 0 Å². The van der Waals surface area contributed by atoms with Crippen LogP contribution in [0.25, 0.3) is 0 Å². The van der Waals surface area contributed by atoms with Crippen molar-refractivity contribution in [2.75, 3.05) is 0 Å². The molecule has 1 unspecified atom stereocenters. The average molecular weight is 232 g/mol. The Bertz CT molecular complexity index is 392. The third-order valence-corrected chi connectivity index (χ3v) is 3.67. The maximum Gasteiger partial charge on any atom is 0.191 e. The number of carbonyl (C=O) groups excluding carboxylic acids is 1. The van der Waals surface area contributed by atoms with Crippen LogP contribution in [0.4, 0.5) is 0 Å². The van der Waals surface area contributed by atoms with Crippen LogP contribution in [0.5, 0.6) is 0 Å². The highest BCUT2D eigenvalue weighted by molar-refractivity contribution is 5.99. The molecule has 0 bridgehead atoms. The molecule has 0 aromatic heterocycles. The summed E-state index contributed by atoms with van der Waals surface area (Å²) in [6.07, 6.45) is 4.68. The Labute approximate surface area is 103 Å². The van der Waals surface area contributed by atoms with E-state index in [-0.39, 0.29) is 11.7 Å². The molecule has 1 fully saturated rings. The topological polar surface area (TPSA) is 37.3 Å². The number of benzene rings is 1. The second-order valence-electron chi connectivity index (χ2n) is 5.08. The summed E-state index contributed by atoms with van der Waals surface area (Å²) in [6, 6.07) is 7.48. The molecule has 0 radical (unpaired) electrons. The molecule has 0 heterocycles. The van der Waals surface area contributed by atoms with Gasteiger partial charge in [0, 0.05) is 5.56 Å². The van der Waals surface area contributed by atoms with E-state index in [1.807, 2.05) is 25.1 Å². The predicted octanol–water partition coefficient (Wildman–Crippen LogP) is 3.12. The van der Waals surface area contributed by atoms with Crippen molar-refractivity contribution in [3.05, 3.63) is 35.4 Å². The first kappa shape index (κ1) is 12.3. The summed E-state index contributed by atoms with van der Waals surface area (Å²) in [6.45, 7) is 1.96. The van der Waals surface area contributed by atoms with E-state index in [0.29, 0.717) is 5.56 Å². The highest BCUT2D eigenvalue weighted by Crippen LogP contribution is 2.28. The van der Waals surface area contributed by atoms with Crippen molar-refractivity contribution in [1.82, 2.24) is 0 Å². The fourth-order valence-electron chi connectivity index (χ4n) is 2.63. The zero-order valence-electron chi connectivity index (χ0n) is 10.4. The number of ketones is 1. The minimum atomic E-state index is -0.808. The number of aliphatic hydroxyl groups is 1. The van der Waals surface area contributed by atoms with Gasteiger partial charge in [-0.2, -0.15) is 0 Å². The minimum absolute atomic E-state index is 0.111. The molecule has 1 atom stereocenters. The summed E-state index contributed by atoms with van der Waals surface area (Å²) < 4.78 is 0. The summed E-state index contributed by atoms with van der Waals surface area (Å²) in [5.41, 5.74) is 1.70. The second-order valence-corrected chi connectivity index (χ2v) is 5.08. The van der Waals surface area contributed by atoms with Gasteiger partial charge in [0.1, 0.15) is 6.10 Å². The molecule has 1 aliphatic rings. The Hall–Kier alpha value is -1.15. The SMILES string of the molecule is Cc1cccc(C(=O)C(O)C2CCCCC2)c1. The molecule has 1 aromatic rings. The minimum Gasteiger partial charge on any atom is -0.385 e. The van der Waals surface area contributed by atoms with E-state index in [1.54, 1.807) is 6.07 Å². The number of hydrogen-bond acceptors (Lipinski definition) is 2. The average Bonchev–Trinajstić information content (AvgIpc) is 2.38. The molecule has 1 saturated carbocycles. The van der Waals surface area contributed by atoms with Crippen LogP contribution in [-0.4, -0.2) is 17.0 Å². The van der Waals surface area contributed by atoms with Gasteiger partial charge in [-0.25, -0.2) is 0 Å². The maximum atomic E-state index is 12.1. The quantitative estimate of drug-likeness (QED) is 0.813. The van der Waals surface area contributed by atoms with Crippen molar-refractivity contribution in [3.8, 4) is 0 Å². The molecule has 0 saturated heterocycles. The lowest BCUT2D eigenvalue weighted by Crippen LogP contribution is -2.31. The third-order valence-electron chi connectivity index (χ3n) is 3.67. The molecule has 17 heavy (non-hydrogen) atoms. The smallest absolute Gasteiger partial charge is 0.191 e. The lowest BCUT2D eigenvalue weighted by molar-refractivity contribution is 0.0534. The molecule has 2 nitrogen and oxygen atoms in total. The molecule has 92 valence electrons. The Morgan fingerprint density at radius 2 is 2.00 bits per heavy atom. The first-order valence-corrected chi connectivity index (χ1v) is 6.47. The van der Waals surface area contributed by atoms with Gasteiger partial charge in [-0.3, -0.25) is 4.79 Å². The molecule has 0 amide bonds.